The number of fused-ring (bicyclic) bond motifs is 3. The van der Waals surface area contributed by atoms with Crippen molar-refractivity contribution in [1.29, 1.82) is 0 Å². The molecular weight excluding hydrogens is 483 g/mol. The van der Waals surface area contributed by atoms with Crippen molar-refractivity contribution in [2.75, 3.05) is 43.5 Å². The monoisotopic (exact) mass is 519 g/mol. The zero-order valence-corrected chi connectivity index (χ0v) is 21.1. The van der Waals surface area contributed by atoms with Crippen molar-refractivity contribution in [3.8, 4) is 11.3 Å². The third-order valence-electron chi connectivity index (χ3n) is 7.68. The number of alkyl halides is 3. The lowest BCUT2D eigenvalue weighted by Crippen LogP contribution is -2.39. The van der Waals surface area contributed by atoms with Gasteiger partial charge in [-0.25, -0.2) is 9.97 Å². The van der Waals surface area contributed by atoms with E-state index in [1.165, 1.54) is 11.1 Å². The molecule has 10 heteroatoms. The molecule has 2 aromatic heterocycles. The zero-order valence-electron chi connectivity index (χ0n) is 21.1. The number of aromatic nitrogens is 2. The summed E-state index contributed by atoms with van der Waals surface area (Å²) in [6.07, 6.45) is 5.19. The zero-order chi connectivity index (χ0) is 25.7. The van der Waals surface area contributed by atoms with E-state index < -0.39 is 6.36 Å². The predicted molar refractivity (Wildman–Crippen MR) is 137 cm³/mol. The lowest BCUT2D eigenvalue weighted by Gasteiger charge is -2.30. The first-order valence-electron chi connectivity index (χ1n) is 13.4. The van der Waals surface area contributed by atoms with E-state index in [0.29, 0.717) is 12.0 Å². The molecule has 1 saturated carbocycles. The Labute approximate surface area is 215 Å². The number of nitrogens with one attached hydrogen (secondary N) is 3. The molecule has 0 unspecified atom stereocenters. The van der Waals surface area contributed by atoms with Gasteiger partial charge in [0, 0.05) is 50.1 Å². The first kappa shape index (κ1) is 26.2. The van der Waals surface area contributed by atoms with E-state index in [0.717, 1.165) is 94.0 Å². The standard InChI is InChI=1S/C27H36F3N5O2/c28-27(29,30)37-14-11-31-21-4-6-22(7-5-21)34-25-15-23-20(17-33-25)2-1-19-3-8-24(35-26(19)23)32-16-18-9-12-36-13-10-18/h3,8,15,17-18,21-22,31H,1-2,4-7,9-14,16H2,(H,32,35)(H,33,34)/t21-,22-. The van der Waals surface area contributed by atoms with E-state index in [9.17, 15) is 13.2 Å². The molecule has 1 aliphatic heterocycles. The minimum atomic E-state index is -4.57. The molecule has 3 N–H and O–H groups in total. The Balaban J connectivity index is 1.16. The summed E-state index contributed by atoms with van der Waals surface area (Å²) >= 11 is 0. The van der Waals surface area contributed by atoms with Gasteiger partial charge in [0.2, 0.25) is 0 Å². The number of anilines is 2. The van der Waals surface area contributed by atoms with Crippen molar-refractivity contribution in [1.82, 2.24) is 15.3 Å². The maximum Gasteiger partial charge on any atom is 0.522 e. The summed E-state index contributed by atoms with van der Waals surface area (Å²) in [5, 5.41) is 10.3. The van der Waals surface area contributed by atoms with Crippen LogP contribution in [0, 0.1) is 5.92 Å². The molecule has 3 heterocycles. The van der Waals surface area contributed by atoms with Crippen LogP contribution in [0.1, 0.15) is 49.7 Å². The van der Waals surface area contributed by atoms with Crippen LogP contribution in [0.25, 0.3) is 11.3 Å². The molecule has 1 saturated heterocycles. The molecule has 2 aliphatic carbocycles. The number of rotatable bonds is 9. The van der Waals surface area contributed by atoms with E-state index in [-0.39, 0.29) is 19.2 Å². The van der Waals surface area contributed by atoms with Crippen molar-refractivity contribution in [3.63, 3.8) is 0 Å². The first-order chi connectivity index (χ1) is 17.9. The van der Waals surface area contributed by atoms with Gasteiger partial charge in [0.15, 0.2) is 0 Å². The maximum absolute atomic E-state index is 12.1. The highest BCUT2D eigenvalue weighted by molar-refractivity contribution is 5.73. The normalized spacial score (nSPS) is 22.2. The molecule has 2 fully saturated rings. The van der Waals surface area contributed by atoms with Crippen LogP contribution in [-0.2, 0) is 22.3 Å². The molecule has 2 aromatic rings. The number of halogens is 3. The highest BCUT2D eigenvalue weighted by atomic mass is 19.4. The molecular formula is C27H36F3N5O2. The Morgan fingerprint density at radius 3 is 2.49 bits per heavy atom. The second-order valence-corrected chi connectivity index (χ2v) is 10.3. The quantitative estimate of drug-likeness (QED) is 0.406. The number of hydrogen-bond donors (Lipinski definition) is 3. The van der Waals surface area contributed by atoms with Gasteiger partial charge in [-0.3, -0.25) is 4.74 Å². The van der Waals surface area contributed by atoms with Crippen LogP contribution in [0.4, 0.5) is 24.8 Å². The number of ether oxygens (including phenoxy) is 2. The summed E-state index contributed by atoms with van der Waals surface area (Å²) in [4.78, 5) is 9.68. The molecule has 0 bridgehead atoms. The molecule has 37 heavy (non-hydrogen) atoms. The summed E-state index contributed by atoms with van der Waals surface area (Å²) in [5.74, 6) is 2.39. The maximum atomic E-state index is 12.1. The average molecular weight is 520 g/mol. The Kier molecular flexibility index (Phi) is 8.46. The highest BCUT2D eigenvalue weighted by Crippen LogP contribution is 2.34. The molecule has 7 nitrogen and oxygen atoms in total. The van der Waals surface area contributed by atoms with Crippen LogP contribution in [-0.4, -0.2) is 61.3 Å². The van der Waals surface area contributed by atoms with Gasteiger partial charge in [-0.15, -0.1) is 13.2 Å². The fourth-order valence-electron chi connectivity index (χ4n) is 5.55. The van der Waals surface area contributed by atoms with Crippen molar-refractivity contribution in [2.24, 2.45) is 5.92 Å². The molecule has 0 radical (unpaired) electrons. The van der Waals surface area contributed by atoms with Crippen LogP contribution in [0.5, 0.6) is 0 Å². The molecule has 202 valence electrons. The van der Waals surface area contributed by atoms with E-state index >= 15 is 0 Å². The minimum Gasteiger partial charge on any atom is -0.381 e. The van der Waals surface area contributed by atoms with Crippen LogP contribution < -0.4 is 16.0 Å². The summed E-state index contributed by atoms with van der Waals surface area (Å²) < 4.78 is 45.7. The van der Waals surface area contributed by atoms with Crippen LogP contribution >= 0.6 is 0 Å². The Morgan fingerprint density at radius 2 is 1.70 bits per heavy atom. The predicted octanol–water partition coefficient (Wildman–Crippen LogP) is 4.93. The molecule has 0 aromatic carbocycles. The van der Waals surface area contributed by atoms with Gasteiger partial charge in [0.05, 0.1) is 12.3 Å². The fraction of sp³-hybridized carbons (Fsp3) is 0.630. The molecule has 3 aliphatic rings. The summed E-state index contributed by atoms with van der Waals surface area (Å²) in [7, 11) is 0. The van der Waals surface area contributed by atoms with Crippen molar-refractivity contribution in [2.45, 2.75) is 69.8 Å². The SMILES string of the molecule is FC(F)(F)OCCN[C@H]1CC[C@H](Nc2cc3c(cn2)CCc2ccc(NCC4CCOCC4)nc2-3)CC1. The van der Waals surface area contributed by atoms with Gasteiger partial charge in [-0.2, -0.15) is 0 Å². The first-order valence-corrected chi connectivity index (χ1v) is 13.4. The fourth-order valence-corrected chi connectivity index (χ4v) is 5.55. The van der Waals surface area contributed by atoms with Crippen molar-refractivity contribution >= 4 is 11.6 Å². The largest absolute Gasteiger partial charge is 0.522 e. The number of hydrogen-bond acceptors (Lipinski definition) is 7. The van der Waals surface area contributed by atoms with E-state index in [1.807, 2.05) is 6.20 Å². The lowest BCUT2D eigenvalue weighted by atomic mass is 9.89. The van der Waals surface area contributed by atoms with E-state index in [2.05, 4.69) is 43.9 Å². The Hall–Kier alpha value is -2.43. The minimum absolute atomic E-state index is 0.201. The Morgan fingerprint density at radius 1 is 0.946 bits per heavy atom. The summed E-state index contributed by atoms with van der Waals surface area (Å²) in [5.41, 5.74) is 4.68. The van der Waals surface area contributed by atoms with Gasteiger partial charge in [-0.05, 0) is 80.5 Å². The third kappa shape index (κ3) is 7.33. The van der Waals surface area contributed by atoms with Crippen LogP contribution in [0.3, 0.4) is 0 Å². The molecule has 0 spiro atoms. The van der Waals surface area contributed by atoms with E-state index in [1.54, 1.807) is 0 Å². The molecule has 0 amide bonds. The smallest absolute Gasteiger partial charge is 0.381 e. The average Bonchev–Trinajstić information content (AvgIpc) is 2.91. The topological polar surface area (TPSA) is 80.3 Å². The van der Waals surface area contributed by atoms with Gasteiger partial charge < -0.3 is 20.7 Å². The lowest BCUT2D eigenvalue weighted by molar-refractivity contribution is -0.323. The number of nitrogens with zero attached hydrogens (tertiary/aromatic N) is 2. The van der Waals surface area contributed by atoms with Gasteiger partial charge in [0.25, 0.3) is 0 Å². The second-order valence-electron chi connectivity index (χ2n) is 10.3. The third-order valence-corrected chi connectivity index (χ3v) is 7.68. The van der Waals surface area contributed by atoms with Crippen molar-refractivity contribution in [3.05, 3.63) is 35.5 Å². The number of pyridine rings is 2. The second kappa shape index (κ2) is 12.0. The Bertz CT molecular complexity index is 1040. The van der Waals surface area contributed by atoms with Gasteiger partial charge >= 0.3 is 6.36 Å². The number of aryl methyl sites for hydroxylation is 2. The van der Waals surface area contributed by atoms with Crippen LogP contribution in [0.15, 0.2) is 24.4 Å². The summed E-state index contributed by atoms with van der Waals surface area (Å²) in [6, 6.07) is 6.92. The van der Waals surface area contributed by atoms with Crippen LogP contribution in [0.2, 0.25) is 0 Å². The van der Waals surface area contributed by atoms with E-state index in [4.69, 9.17) is 9.72 Å². The van der Waals surface area contributed by atoms with Crippen molar-refractivity contribution < 1.29 is 22.6 Å². The summed E-state index contributed by atoms with van der Waals surface area (Å²) in [6.45, 7) is 2.44. The molecule has 5 rings (SSSR count). The van der Waals surface area contributed by atoms with Gasteiger partial charge in [-0.1, -0.05) is 6.07 Å². The highest BCUT2D eigenvalue weighted by Gasteiger charge is 2.29. The van der Waals surface area contributed by atoms with Gasteiger partial charge in [0.1, 0.15) is 11.6 Å². The molecule has 0 atom stereocenters.